The molecule has 1 spiro atoms. The molecule has 0 saturated carbocycles. The van der Waals surface area contributed by atoms with Gasteiger partial charge in [-0.3, -0.25) is 4.90 Å². The van der Waals surface area contributed by atoms with E-state index in [1.54, 1.807) is 7.11 Å². The Balaban J connectivity index is 1.64. The fourth-order valence-electron chi connectivity index (χ4n) is 3.84. The Morgan fingerprint density at radius 1 is 1.00 bits per heavy atom. The van der Waals surface area contributed by atoms with E-state index < -0.39 is 0 Å². The zero-order valence-corrected chi connectivity index (χ0v) is 13.5. The standard InChI is InChI=1S/C19H20N2O2/c1-20-18(22)21(16-7-9-17(23-2)10-8-16)13-19(20)11-14-5-3-4-6-15(14)12-19/h3-10H,11-13H2,1-2H3. The van der Waals surface area contributed by atoms with Crippen LogP contribution >= 0.6 is 0 Å². The minimum Gasteiger partial charge on any atom is -0.497 e. The van der Waals surface area contributed by atoms with Gasteiger partial charge in [-0.25, -0.2) is 4.79 Å². The number of likely N-dealkylation sites (N-methyl/N-ethyl adjacent to an activating group) is 1. The molecule has 1 aliphatic heterocycles. The maximum Gasteiger partial charge on any atom is 0.324 e. The summed E-state index contributed by atoms with van der Waals surface area (Å²) >= 11 is 0. The van der Waals surface area contributed by atoms with Crippen molar-refractivity contribution in [3.05, 3.63) is 59.7 Å². The van der Waals surface area contributed by atoms with Gasteiger partial charge in [-0.1, -0.05) is 24.3 Å². The zero-order chi connectivity index (χ0) is 16.0. The maximum absolute atomic E-state index is 12.8. The van der Waals surface area contributed by atoms with E-state index in [1.807, 2.05) is 41.1 Å². The normalized spacial score (nSPS) is 18.6. The van der Waals surface area contributed by atoms with Crippen molar-refractivity contribution in [2.75, 3.05) is 25.6 Å². The number of ether oxygens (including phenoxy) is 1. The van der Waals surface area contributed by atoms with Crippen LogP contribution in [-0.4, -0.2) is 37.2 Å². The second kappa shape index (κ2) is 5.01. The van der Waals surface area contributed by atoms with Crippen LogP contribution in [0.25, 0.3) is 0 Å². The van der Waals surface area contributed by atoms with Crippen LogP contribution in [0, 0.1) is 0 Å². The van der Waals surface area contributed by atoms with Gasteiger partial charge in [-0.2, -0.15) is 0 Å². The predicted octanol–water partition coefficient (Wildman–Crippen LogP) is 3.10. The first kappa shape index (κ1) is 14.1. The lowest BCUT2D eigenvalue weighted by molar-refractivity contribution is 0.184. The molecule has 0 N–H and O–H groups in total. The van der Waals surface area contributed by atoms with Crippen molar-refractivity contribution in [1.82, 2.24) is 4.90 Å². The number of rotatable bonds is 2. The minimum absolute atomic E-state index is 0.0722. The van der Waals surface area contributed by atoms with Crippen LogP contribution in [0.2, 0.25) is 0 Å². The second-order valence-electron chi connectivity index (χ2n) is 6.47. The van der Waals surface area contributed by atoms with Crippen LogP contribution in [0.15, 0.2) is 48.5 Å². The van der Waals surface area contributed by atoms with Crippen LogP contribution in [0.4, 0.5) is 10.5 Å². The molecule has 0 radical (unpaired) electrons. The van der Waals surface area contributed by atoms with Crippen LogP contribution in [0.5, 0.6) is 5.75 Å². The summed E-state index contributed by atoms with van der Waals surface area (Å²) in [6.45, 7) is 0.726. The molecule has 23 heavy (non-hydrogen) atoms. The first-order chi connectivity index (χ1) is 11.1. The number of anilines is 1. The lowest BCUT2D eigenvalue weighted by atomic mass is 9.95. The van der Waals surface area contributed by atoms with E-state index in [4.69, 9.17) is 4.74 Å². The monoisotopic (exact) mass is 308 g/mol. The predicted molar refractivity (Wildman–Crippen MR) is 90.1 cm³/mol. The van der Waals surface area contributed by atoms with Crippen molar-refractivity contribution in [1.29, 1.82) is 0 Å². The van der Waals surface area contributed by atoms with Crippen LogP contribution < -0.4 is 9.64 Å². The van der Waals surface area contributed by atoms with Gasteiger partial charge in [-0.05, 0) is 48.2 Å². The third-order valence-electron chi connectivity index (χ3n) is 5.22. The highest BCUT2D eigenvalue weighted by atomic mass is 16.5. The molecule has 0 atom stereocenters. The van der Waals surface area contributed by atoms with Gasteiger partial charge in [-0.15, -0.1) is 0 Å². The van der Waals surface area contributed by atoms with E-state index >= 15 is 0 Å². The Morgan fingerprint density at radius 3 is 2.17 bits per heavy atom. The molecule has 4 heteroatoms. The Kier molecular flexibility index (Phi) is 3.08. The van der Waals surface area contributed by atoms with E-state index in [0.717, 1.165) is 30.8 Å². The fourth-order valence-corrected chi connectivity index (χ4v) is 3.84. The highest BCUT2D eigenvalue weighted by molar-refractivity contribution is 5.95. The highest BCUT2D eigenvalue weighted by Crippen LogP contribution is 2.40. The summed E-state index contributed by atoms with van der Waals surface area (Å²) in [5.41, 5.74) is 3.53. The lowest BCUT2D eigenvalue weighted by Crippen LogP contribution is -2.45. The van der Waals surface area contributed by atoms with Gasteiger partial charge >= 0.3 is 6.03 Å². The Morgan fingerprint density at radius 2 is 1.61 bits per heavy atom. The van der Waals surface area contributed by atoms with E-state index in [2.05, 4.69) is 24.3 Å². The Bertz CT molecular complexity index is 729. The molecule has 4 rings (SSSR count). The van der Waals surface area contributed by atoms with Crippen molar-refractivity contribution in [3.8, 4) is 5.75 Å². The summed E-state index contributed by atoms with van der Waals surface area (Å²) in [7, 11) is 3.58. The summed E-state index contributed by atoms with van der Waals surface area (Å²) in [5, 5.41) is 0. The first-order valence-electron chi connectivity index (χ1n) is 7.89. The molecule has 1 fully saturated rings. The molecule has 2 amide bonds. The lowest BCUT2D eigenvalue weighted by Gasteiger charge is -2.29. The van der Waals surface area contributed by atoms with E-state index in [0.29, 0.717) is 0 Å². The number of nitrogens with zero attached hydrogens (tertiary/aromatic N) is 2. The van der Waals surface area contributed by atoms with Crippen molar-refractivity contribution < 1.29 is 9.53 Å². The molecule has 0 unspecified atom stereocenters. The van der Waals surface area contributed by atoms with Gasteiger partial charge in [0.1, 0.15) is 5.75 Å². The Labute approximate surface area is 136 Å². The number of benzene rings is 2. The highest BCUT2D eigenvalue weighted by Gasteiger charge is 2.51. The number of carbonyl (C=O) groups excluding carboxylic acids is 1. The third-order valence-corrected chi connectivity index (χ3v) is 5.22. The summed E-state index contributed by atoms with van der Waals surface area (Å²) < 4.78 is 5.20. The SMILES string of the molecule is COc1ccc(N2CC3(Cc4ccccc4C3)N(C)C2=O)cc1. The molecule has 0 aromatic heterocycles. The molecule has 2 aromatic carbocycles. The second-order valence-corrected chi connectivity index (χ2v) is 6.47. The molecule has 118 valence electrons. The quantitative estimate of drug-likeness (QED) is 0.854. The molecular formula is C19H20N2O2. The number of urea groups is 1. The summed E-state index contributed by atoms with van der Waals surface area (Å²) in [6, 6.07) is 16.3. The number of hydrogen-bond acceptors (Lipinski definition) is 2. The average Bonchev–Trinajstić information content (AvgIpc) is 3.08. The first-order valence-corrected chi connectivity index (χ1v) is 7.89. The van der Waals surface area contributed by atoms with E-state index in [-0.39, 0.29) is 11.6 Å². The van der Waals surface area contributed by atoms with Gasteiger partial charge in [0.2, 0.25) is 0 Å². The Hall–Kier alpha value is -2.49. The van der Waals surface area contributed by atoms with Crippen LogP contribution in [-0.2, 0) is 12.8 Å². The molecule has 2 aliphatic rings. The number of fused-ring (bicyclic) bond motifs is 1. The molecule has 1 heterocycles. The van der Waals surface area contributed by atoms with Crippen molar-refractivity contribution in [2.45, 2.75) is 18.4 Å². The van der Waals surface area contributed by atoms with Gasteiger partial charge in [0.25, 0.3) is 0 Å². The molecule has 0 bridgehead atoms. The fraction of sp³-hybridized carbons (Fsp3) is 0.316. The van der Waals surface area contributed by atoms with Gasteiger partial charge in [0.15, 0.2) is 0 Å². The number of carbonyl (C=O) groups is 1. The molecular weight excluding hydrogens is 288 g/mol. The number of amides is 2. The average molecular weight is 308 g/mol. The van der Waals surface area contributed by atoms with Crippen LogP contribution in [0.3, 0.4) is 0 Å². The smallest absolute Gasteiger partial charge is 0.324 e. The summed E-state index contributed by atoms with van der Waals surface area (Å²) in [4.78, 5) is 16.6. The number of methoxy groups -OCH3 is 1. The molecule has 2 aromatic rings. The van der Waals surface area contributed by atoms with Gasteiger partial charge < -0.3 is 9.64 Å². The van der Waals surface area contributed by atoms with E-state index in [1.165, 1.54) is 11.1 Å². The maximum atomic E-state index is 12.8. The molecule has 1 aliphatic carbocycles. The third kappa shape index (κ3) is 2.09. The van der Waals surface area contributed by atoms with Gasteiger partial charge in [0, 0.05) is 12.7 Å². The zero-order valence-electron chi connectivity index (χ0n) is 13.5. The van der Waals surface area contributed by atoms with Crippen molar-refractivity contribution >= 4 is 11.7 Å². The van der Waals surface area contributed by atoms with Crippen molar-refractivity contribution in [3.63, 3.8) is 0 Å². The van der Waals surface area contributed by atoms with Crippen molar-refractivity contribution in [2.24, 2.45) is 0 Å². The summed E-state index contributed by atoms with van der Waals surface area (Å²) in [6.07, 6.45) is 1.86. The largest absolute Gasteiger partial charge is 0.497 e. The summed E-state index contributed by atoms with van der Waals surface area (Å²) in [5.74, 6) is 0.803. The number of hydrogen-bond donors (Lipinski definition) is 0. The van der Waals surface area contributed by atoms with Crippen LogP contribution in [0.1, 0.15) is 11.1 Å². The molecule has 1 saturated heterocycles. The topological polar surface area (TPSA) is 32.8 Å². The molecule has 4 nitrogen and oxygen atoms in total. The van der Waals surface area contributed by atoms with Gasteiger partial charge in [0.05, 0.1) is 19.2 Å². The minimum atomic E-state index is -0.124. The van der Waals surface area contributed by atoms with E-state index in [9.17, 15) is 4.79 Å².